The normalized spacial score (nSPS) is 22.9. The molecule has 2 aromatic rings. The molecule has 0 saturated carbocycles. The Bertz CT molecular complexity index is 813. The van der Waals surface area contributed by atoms with Crippen molar-refractivity contribution in [2.45, 2.75) is 31.8 Å². The van der Waals surface area contributed by atoms with Crippen LogP contribution in [0.3, 0.4) is 0 Å². The van der Waals surface area contributed by atoms with E-state index < -0.39 is 0 Å². The number of carbonyl (C=O) groups excluding carboxylic acids is 2. The Kier molecular flexibility index (Phi) is 5.10. The summed E-state index contributed by atoms with van der Waals surface area (Å²) in [5.74, 6) is 0.630. The molecule has 2 unspecified atom stereocenters. The Morgan fingerprint density at radius 2 is 2.04 bits per heavy atom. The van der Waals surface area contributed by atoms with Crippen molar-refractivity contribution in [2.75, 3.05) is 13.1 Å². The number of amides is 2. The molecular formula is C22H24N2O3. The van der Waals surface area contributed by atoms with Crippen LogP contribution in [0.4, 0.5) is 0 Å². The van der Waals surface area contributed by atoms with Crippen molar-refractivity contribution in [3.8, 4) is 0 Å². The summed E-state index contributed by atoms with van der Waals surface area (Å²) in [7, 11) is 0. The van der Waals surface area contributed by atoms with Gasteiger partial charge in [0.15, 0.2) is 0 Å². The number of carbonyl (C=O) groups is 2. The van der Waals surface area contributed by atoms with Crippen molar-refractivity contribution in [3.05, 3.63) is 66.1 Å². The van der Waals surface area contributed by atoms with Crippen LogP contribution in [0.5, 0.6) is 0 Å². The van der Waals surface area contributed by atoms with E-state index in [1.807, 2.05) is 35.2 Å². The first kappa shape index (κ1) is 17.6. The maximum Gasteiger partial charge on any atom is 0.228 e. The zero-order valence-corrected chi connectivity index (χ0v) is 15.3. The van der Waals surface area contributed by atoms with Gasteiger partial charge in [-0.2, -0.15) is 0 Å². The number of nitrogens with zero attached hydrogens (tertiary/aromatic N) is 2. The second-order valence-electron chi connectivity index (χ2n) is 7.27. The van der Waals surface area contributed by atoms with Crippen molar-refractivity contribution in [2.24, 2.45) is 5.92 Å². The van der Waals surface area contributed by atoms with Crippen molar-refractivity contribution in [1.29, 1.82) is 0 Å². The first-order valence-electron chi connectivity index (χ1n) is 9.54. The number of likely N-dealkylation sites (tertiary alicyclic amines) is 2. The predicted octanol–water partition coefficient (Wildman–Crippen LogP) is 3.33. The highest BCUT2D eigenvalue weighted by molar-refractivity contribution is 5.89. The number of hydrogen-bond donors (Lipinski definition) is 0. The van der Waals surface area contributed by atoms with Crippen LogP contribution in [0.15, 0.2) is 59.2 Å². The molecule has 0 bridgehead atoms. The molecule has 0 spiro atoms. The van der Waals surface area contributed by atoms with Crippen LogP contribution in [0.1, 0.15) is 30.6 Å². The fourth-order valence-corrected chi connectivity index (χ4v) is 3.97. The van der Waals surface area contributed by atoms with Gasteiger partial charge in [0.25, 0.3) is 0 Å². The molecule has 1 aromatic carbocycles. The Hall–Kier alpha value is -2.82. The monoisotopic (exact) mass is 364 g/mol. The zero-order valence-electron chi connectivity index (χ0n) is 15.3. The van der Waals surface area contributed by atoms with Gasteiger partial charge in [-0.05, 0) is 30.5 Å². The summed E-state index contributed by atoms with van der Waals surface area (Å²) in [5.41, 5.74) is 1.14. The van der Waals surface area contributed by atoms with Crippen molar-refractivity contribution >= 4 is 17.9 Å². The summed E-state index contributed by atoms with van der Waals surface area (Å²) in [6.07, 6.45) is 8.09. The summed E-state index contributed by atoms with van der Waals surface area (Å²) in [6.45, 7) is 1.68. The number of furan rings is 1. The molecule has 2 aliphatic rings. The lowest BCUT2D eigenvalue weighted by molar-refractivity contribution is -0.135. The minimum absolute atomic E-state index is 0.0281. The summed E-state index contributed by atoms with van der Waals surface area (Å²) in [6, 6.07) is 13.9. The van der Waals surface area contributed by atoms with Gasteiger partial charge in [0, 0.05) is 19.5 Å². The van der Waals surface area contributed by atoms with E-state index in [2.05, 4.69) is 24.3 Å². The lowest BCUT2D eigenvalue weighted by Gasteiger charge is -2.25. The number of benzene rings is 1. The average Bonchev–Trinajstić information content (AvgIpc) is 3.43. The van der Waals surface area contributed by atoms with E-state index in [0.29, 0.717) is 19.5 Å². The molecule has 27 heavy (non-hydrogen) atoms. The quantitative estimate of drug-likeness (QED) is 0.818. The third kappa shape index (κ3) is 3.97. The molecule has 5 heteroatoms. The standard InChI is InChI=1S/C22H24N2O3/c25-21-14-18(15-23(21)16-20-9-5-13-27-20)22(26)24-12-4-8-19(24)11-10-17-6-2-1-3-7-17/h1-3,5-7,9-11,13,18-19H,4,8,12,14-16H2. The van der Waals surface area contributed by atoms with Crippen LogP contribution in [0, 0.1) is 5.92 Å². The van der Waals surface area contributed by atoms with E-state index >= 15 is 0 Å². The van der Waals surface area contributed by atoms with Crippen LogP contribution in [0.25, 0.3) is 6.08 Å². The topological polar surface area (TPSA) is 53.8 Å². The molecule has 140 valence electrons. The molecule has 0 N–H and O–H groups in total. The molecule has 3 heterocycles. The smallest absolute Gasteiger partial charge is 0.228 e. The Morgan fingerprint density at radius 3 is 2.81 bits per heavy atom. The third-order valence-electron chi connectivity index (χ3n) is 5.38. The summed E-state index contributed by atoms with van der Waals surface area (Å²) in [5, 5.41) is 0. The van der Waals surface area contributed by atoms with E-state index in [-0.39, 0.29) is 23.8 Å². The van der Waals surface area contributed by atoms with E-state index in [9.17, 15) is 9.59 Å². The SMILES string of the molecule is O=C1CC(C(=O)N2CCCC2C=Cc2ccccc2)CN1Cc1ccco1. The maximum atomic E-state index is 13.1. The second kappa shape index (κ2) is 7.82. The summed E-state index contributed by atoms with van der Waals surface area (Å²) >= 11 is 0. The van der Waals surface area contributed by atoms with Crippen molar-refractivity contribution < 1.29 is 14.0 Å². The van der Waals surface area contributed by atoms with Crippen LogP contribution in [0.2, 0.25) is 0 Å². The van der Waals surface area contributed by atoms with Gasteiger partial charge in [0.2, 0.25) is 11.8 Å². The van der Waals surface area contributed by atoms with Crippen LogP contribution < -0.4 is 0 Å². The van der Waals surface area contributed by atoms with E-state index in [1.54, 1.807) is 11.2 Å². The maximum absolute atomic E-state index is 13.1. The van der Waals surface area contributed by atoms with Gasteiger partial charge < -0.3 is 14.2 Å². The Morgan fingerprint density at radius 1 is 1.19 bits per heavy atom. The summed E-state index contributed by atoms with van der Waals surface area (Å²) < 4.78 is 5.33. The minimum Gasteiger partial charge on any atom is -0.467 e. The van der Waals surface area contributed by atoms with Gasteiger partial charge in [-0.1, -0.05) is 42.5 Å². The lowest BCUT2D eigenvalue weighted by Crippen LogP contribution is -2.39. The molecular weight excluding hydrogens is 340 g/mol. The molecule has 2 saturated heterocycles. The van der Waals surface area contributed by atoms with Crippen molar-refractivity contribution in [3.63, 3.8) is 0 Å². The van der Waals surface area contributed by atoms with Gasteiger partial charge in [-0.25, -0.2) is 0 Å². The molecule has 2 amide bonds. The van der Waals surface area contributed by atoms with Gasteiger partial charge in [0.05, 0.1) is 24.8 Å². The van der Waals surface area contributed by atoms with Crippen LogP contribution >= 0.6 is 0 Å². The molecule has 1 aromatic heterocycles. The fraction of sp³-hybridized carbons (Fsp3) is 0.364. The third-order valence-corrected chi connectivity index (χ3v) is 5.38. The number of hydrogen-bond acceptors (Lipinski definition) is 3. The van der Waals surface area contributed by atoms with Crippen molar-refractivity contribution in [1.82, 2.24) is 9.80 Å². The Labute approximate surface area is 159 Å². The Balaban J connectivity index is 1.39. The molecule has 0 aliphatic carbocycles. The van der Waals surface area contributed by atoms with E-state index in [4.69, 9.17) is 4.42 Å². The van der Waals surface area contributed by atoms with E-state index in [1.165, 1.54) is 0 Å². The van der Waals surface area contributed by atoms with E-state index in [0.717, 1.165) is 30.7 Å². The first-order chi connectivity index (χ1) is 13.2. The largest absolute Gasteiger partial charge is 0.467 e. The fourth-order valence-electron chi connectivity index (χ4n) is 3.97. The highest BCUT2D eigenvalue weighted by Crippen LogP contribution is 2.27. The van der Waals surface area contributed by atoms with Gasteiger partial charge >= 0.3 is 0 Å². The number of rotatable bonds is 5. The highest BCUT2D eigenvalue weighted by Gasteiger charge is 2.39. The first-order valence-corrected chi connectivity index (χ1v) is 9.54. The van der Waals surface area contributed by atoms with Crippen LogP contribution in [-0.2, 0) is 16.1 Å². The minimum atomic E-state index is -0.252. The zero-order chi connectivity index (χ0) is 18.6. The lowest BCUT2D eigenvalue weighted by atomic mass is 10.1. The molecule has 0 radical (unpaired) electrons. The second-order valence-corrected chi connectivity index (χ2v) is 7.27. The molecule has 2 aliphatic heterocycles. The molecule has 4 rings (SSSR count). The van der Waals surface area contributed by atoms with Gasteiger partial charge in [0.1, 0.15) is 5.76 Å². The van der Waals surface area contributed by atoms with Gasteiger partial charge in [-0.3, -0.25) is 9.59 Å². The highest BCUT2D eigenvalue weighted by atomic mass is 16.3. The predicted molar refractivity (Wildman–Crippen MR) is 102 cm³/mol. The molecule has 2 fully saturated rings. The van der Waals surface area contributed by atoms with Gasteiger partial charge in [-0.15, -0.1) is 0 Å². The summed E-state index contributed by atoms with van der Waals surface area (Å²) in [4.78, 5) is 29.1. The molecule has 5 nitrogen and oxygen atoms in total. The average molecular weight is 364 g/mol. The van der Waals surface area contributed by atoms with Crippen LogP contribution in [-0.4, -0.2) is 40.7 Å². The molecule has 2 atom stereocenters.